The van der Waals surface area contributed by atoms with Crippen molar-refractivity contribution in [3.05, 3.63) is 83.7 Å². The highest BCUT2D eigenvalue weighted by atomic mass is 32.2. The first-order valence-corrected chi connectivity index (χ1v) is 10.1. The minimum absolute atomic E-state index is 0.541. The Morgan fingerprint density at radius 3 is 2.40 bits per heavy atom. The zero-order valence-electron chi connectivity index (χ0n) is 15.5. The molecular weight excluding hydrogens is 411 g/mol. The van der Waals surface area contributed by atoms with Crippen LogP contribution in [0.5, 0.6) is 0 Å². The number of hydrogen-bond donors (Lipinski definition) is 2. The highest BCUT2D eigenvalue weighted by Gasteiger charge is 2.29. The SMILES string of the molecule is NS(=O)c1ccccc1-c1ccc2nc(/C=C/c3ccc(C(F)(F)F)cc3)[nH]c2c1. The zero-order valence-corrected chi connectivity index (χ0v) is 16.3. The van der Waals surface area contributed by atoms with Gasteiger partial charge < -0.3 is 4.98 Å². The molecule has 0 saturated carbocycles. The molecular formula is C22H16F3N3OS. The molecule has 0 radical (unpaired) electrons. The van der Waals surface area contributed by atoms with E-state index < -0.39 is 22.7 Å². The van der Waals surface area contributed by atoms with Crippen LogP contribution < -0.4 is 5.14 Å². The molecule has 8 heteroatoms. The van der Waals surface area contributed by atoms with E-state index in [1.807, 2.05) is 30.3 Å². The monoisotopic (exact) mass is 427 g/mol. The Labute approximate surface area is 172 Å². The predicted octanol–water partition coefficient (Wildman–Crippen LogP) is 5.40. The number of rotatable bonds is 4. The summed E-state index contributed by atoms with van der Waals surface area (Å²) in [5.41, 5.74) is 3.07. The number of imidazole rings is 1. The first kappa shape index (κ1) is 20.1. The molecule has 1 unspecified atom stereocenters. The number of nitrogens with one attached hydrogen (secondary N) is 1. The van der Waals surface area contributed by atoms with Crippen molar-refractivity contribution >= 4 is 34.2 Å². The number of hydrogen-bond acceptors (Lipinski definition) is 2. The number of halogens is 3. The third kappa shape index (κ3) is 4.19. The van der Waals surface area contributed by atoms with Crippen molar-refractivity contribution < 1.29 is 17.4 Å². The van der Waals surface area contributed by atoms with Crippen LogP contribution in [0.4, 0.5) is 13.2 Å². The van der Waals surface area contributed by atoms with Gasteiger partial charge in [-0.05, 0) is 53.1 Å². The van der Waals surface area contributed by atoms with Crippen LogP contribution in [0.15, 0.2) is 71.6 Å². The Hall–Kier alpha value is -3.23. The standard InChI is InChI=1S/C22H16F3N3OS/c23-22(24,25)16-9-5-14(6-10-16)7-12-21-27-18-11-8-15(13-19(18)28-21)17-3-1-2-4-20(17)30(26)29/h1-13H,26H2,(H,27,28)/b12-7+. The van der Waals surface area contributed by atoms with Crippen LogP contribution in [0.2, 0.25) is 0 Å². The number of aromatic amines is 1. The average molecular weight is 427 g/mol. The second kappa shape index (κ2) is 7.89. The molecule has 0 aliphatic heterocycles. The number of nitrogens with zero attached hydrogens (tertiary/aromatic N) is 1. The van der Waals surface area contributed by atoms with Crippen molar-refractivity contribution in [1.29, 1.82) is 0 Å². The maximum absolute atomic E-state index is 12.7. The van der Waals surface area contributed by atoms with Crippen LogP contribution in [0.1, 0.15) is 17.0 Å². The van der Waals surface area contributed by atoms with E-state index in [2.05, 4.69) is 9.97 Å². The van der Waals surface area contributed by atoms with E-state index in [0.29, 0.717) is 16.3 Å². The maximum atomic E-state index is 12.7. The minimum Gasteiger partial charge on any atom is -0.338 e. The van der Waals surface area contributed by atoms with Crippen LogP contribution in [0.3, 0.4) is 0 Å². The highest BCUT2D eigenvalue weighted by molar-refractivity contribution is 7.82. The molecule has 1 aromatic heterocycles. The van der Waals surface area contributed by atoms with Crippen LogP contribution in [0, 0.1) is 0 Å². The van der Waals surface area contributed by atoms with Gasteiger partial charge in [-0.15, -0.1) is 0 Å². The molecule has 4 aromatic rings. The van der Waals surface area contributed by atoms with Crippen LogP contribution in [-0.4, -0.2) is 14.2 Å². The largest absolute Gasteiger partial charge is 0.416 e. The molecule has 0 aliphatic carbocycles. The summed E-state index contributed by atoms with van der Waals surface area (Å²) in [5.74, 6) is 0.567. The fourth-order valence-electron chi connectivity index (χ4n) is 3.11. The number of benzene rings is 3. The summed E-state index contributed by atoms with van der Waals surface area (Å²) in [4.78, 5) is 8.19. The van der Waals surface area contributed by atoms with E-state index in [0.717, 1.165) is 34.3 Å². The van der Waals surface area contributed by atoms with Crippen molar-refractivity contribution in [2.24, 2.45) is 5.14 Å². The molecule has 0 fully saturated rings. The summed E-state index contributed by atoms with van der Waals surface area (Å²) >= 11 is 0. The molecule has 4 rings (SSSR count). The topological polar surface area (TPSA) is 71.8 Å². The molecule has 4 nitrogen and oxygen atoms in total. The molecule has 3 N–H and O–H groups in total. The van der Waals surface area contributed by atoms with Crippen molar-refractivity contribution in [3.63, 3.8) is 0 Å². The van der Waals surface area contributed by atoms with E-state index in [-0.39, 0.29) is 0 Å². The van der Waals surface area contributed by atoms with Gasteiger partial charge in [-0.3, -0.25) is 0 Å². The summed E-state index contributed by atoms with van der Waals surface area (Å²) < 4.78 is 49.8. The van der Waals surface area contributed by atoms with Gasteiger partial charge in [-0.1, -0.05) is 42.5 Å². The van der Waals surface area contributed by atoms with Crippen LogP contribution >= 0.6 is 0 Å². The molecule has 30 heavy (non-hydrogen) atoms. The quantitative estimate of drug-likeness (QED) is 0.458. The van der Waals surface area contributed by atoms with Crippen molar-refractivity contribution in [2.75, 3.05) is 0 Å². The van der Waals surface area contributed by atoms with E-state index in [1.54, 1.807) is 24.3 Å². The lowest BCUT2D eigenvalue weighted by atomic mass is 10.1. The lowest BCUT2D eigenvalue weighted by molar-refractivity contribution is -0.137. The molecule has 0 aliphatic rings. The van der Waals surface area contributed by atoms with Crippen molar-refractivity contribution in [2.45, 2.75) is 11.1 Å². The summed E-state index contributed by atoms with van der Waals surface area (Å²) in [6.45, 7) is 0. The summed E-state index contributed by atoms with van der Waals surface area (Å²) in [6, 6.07) is 17.7. The Balaban J connectivity index is 1.62. The van der Waals surface area contributed by atoms with Gasteiger partial charge in [0.2, 0.25) is 0 Å². The maximum Gasteiger partial charge on any atom is 0.416 e. The lowest BCUT2D eigenvalue weighted by Gasteiger charge is -2.06. The minimum atomic E-state index is -4.35. The van der Waals surface area contributed by atoms with Gasteiger partial charge in [0.25, 0.3) is 0 Å². The smallest absolute Gasteiger partial charge is 0.338 e. The molecule has 0 amide bonds. The van der Waals surface area contributed by atoms with E-state index in [1.165, 1.54) is 12.1 Å². The molecule has 152 valence electrons. The van der Waals surface area contributed by atoms with Gasteiger partial charge in [0, 0.05) is 0 Å². The van der Waals surface area contributed by atoms with Gasteiger partial charge in [0.1, 0.15) is 16.8 Å². The van der Waals surface area contributed by atoms with Crippen molar-refractivity contribution in [3.8, 4) is 11.1 Å². The zero-order chi connectivity index (χ0) is 21.3. The van der Waals surface area contributed by atoms with Crippen LogP contribution in [0.25, 0.3) is 34.3 Å². The number of aromatic nitrogens is 2. The van der Waals surface area contributed by atoms with Crippen LogP contribution in [-0.2, 0) is 17.2 Å². The highest BCUT2D eigenvalue weighted by Crippen LogP contribution is 2.30. The second-order valence-electron chi connectivity index (χ2n) is 6.60. The normalized spacial score (nSPS) is 13.2. The van der Waals surface area contributed by atoms with Gasteiger partial charge >= 0.3 is 6.18 Å². The first-order valence-electron chi connectivity index (χ1n) is 8.92. The number of H-pyrrole nitrogens is 1. The summed E-state index contributed by atoms with van der Waals surface area (Å²) in [5, 5.41) is 5.58. The third-order valence-electron chi connectivity index (χ3n) is 4.59. The van der Waals surface area contributed by atoms with Gasteiger partial charge in [0.15, 0.2) is 0 Å². The van der Waals surface area contributed by atoms with E-state index in [9.17, 15) is 17.4 Å². The van der Waals surface area contributed by atoms with E-state index >= 15 is 0 Å². The van der Waals surface area contributed by atoms with Gasteiger partial charge in [-0.2, -0.15) is 13.2 Å². The Morgan fingerprint density at radius 2 is 1.70 bits per heavy atom. The van der Waals surface area contributed by atoms with Crippen molar-refractivity contribution in [1.82, 2.24) is 9.97 Å². The fourth-order valence-corrected chi connectivity index (χ4v) is 3.73. The van der Waals surface area contributed by atoms with Gasteiger partial charge in [0.05, 0.1) is 21.5 Å². The molecule has 0 saturated heterocycles. The van der Waals surface area contributed by atoms with E-state index in [4.69, 9.17) is 5.14 Å². The Morgan fingerprint density at radius 1 is 0.967 bits per heavy atom. The fraction of sp³-hybridized carbons (Fsp3) is 0.0455. The number of fused-ring (bicyclic) bond motifs is 1. The number of alkyl halides is 3. The predicted molar refractivity (Wildman–Crippen MR) is 112 cm³/mol. The molecule has 1 heterocycles. The second-order valence-corrected chi connectivity index (χ2v) is 7.64. The Bertz CT molecular complexity index is 1260. The lowest BCUT2D eigenvalue weighted by Crippen LogP contribution is -2.04. The molecule has 3 aromatic carbocycles. The Kier molecular flexibility index (Phi) is 5.27. The van der Waals surface area contributed by atoms with Gasteiger partial charge in [-0.25, -0.2) is 14.3 Å². The first-order chi connectivity index (χ1) is 14.3. The average Bonchev–Trinajstić information content (AvgIpc) is 3.14. The molecule has 0 spiro atoms. The number of nitrogens with two attached hydrogens (primary N) is 1. The summed E-state index contributed by atoms with van der Waals surface area (Å²) in [7, 11) is -1.61. The summed E-state index contributed by atoms with van der Waals surface area (Å²) in [6.07, 6.45) is -0.968. The molecule has 0 bridgehead atoms. The molecule has 1 atom stereocenters. The third-order valence-corrected chi connectivity index (χ3v) is 5.38.